The van der Waals surface area contributed by atoms with Gasteiger partial charge in [-0.25, -0.2) is 0 Å². The SMILES string of the molecule is CNC(CO)CCC(=O)O. The van der Waals surface area contributed by atoms with Crippen LogP contribution in [0.3, 0.4) is 0 Å². The highest BCUT2D eigenvalue weighted by Crippen LogP contribution is 1.94. The minimum absolute atomic E-state index is 0.0101. The van der Waals surface area contributed by atoms with Crippen molar-refractivity contribution >= 4 is 5.97 Å². The Hall–Kier alpha value is -0.610. The van der Waals surface area contributed by atoms with Crippen LogP contribution in [-0.4, -0.2) is 35.9 Å². The average molecular weight is 147 g/mol. The Bertz CT molecular complexity index is 101. The topological polar surface area (TPSA) is 69.6 Å². The predicted molar refractivity (Wildman–Crippen MR) is 36.8 cm³/mol. The molecule has 0 saturated carbocycles. The van der Waals surface area contributed by atoms with Crippen molar-refractivity contribution in [3.63, 3.8) is 0 Å². The summed E-state index contributed by atoms with van der Waals surface area (Å²) in [4.78, 5) is 10.0. The highest BCUT2D eigenvalue weighted by atomic mass is 16.4. The third kappa shape index (κ3) is 4.29. The summed E-state index contributed by atoms with van der Waals surface area (Å²) < 4.78 is 0. The molecule has 0 rings (SSSR count). The summed E-state index contributed by atoms with van der Waals surface area (Å²) >= 11 is 0. The highest BCUT2D eigenvalue weighted by Gasteiger charge is 2.05. The Morgan fingerprint density at radius 3 is 2.60 bits per heavy atom. The fourth-order valence-electron chi connectivity index (χ4n) is 0.625. The molecule has 0 saturated heterocycles. The zero-order valence-corrected chi connectivity index (χ0v) is 6.00. The van der Waals surface area contributed by atoms with E-state index in [0.717, 1.165) is 0 Å². The first-order valence-corrected chi connectivity index (χ1v) is 3.20. The van der Waals surface area contributed by atoms with Crippen LogP contribution in [0.25, 0.3) is 0 Å². The summed E-state index contributed by atoms with van der Waals surface area (Å²) in [5.74, 6) is -0.825. The fourth-order valence-corrected chi connectivity index (χ4v) is 0.625. The first kappa shape index (κ1) is 9.39. The second-order valence-electron chi connectivity index (χ2n) is 2.10. The van der Waals surface area contributed by atoms with Crippen molar-refractivity contribution in [2.45, 2.75) is 18.9 Å². The number of hydrogen-bond acceptors (Lipinski definition) is 3. The van der Waals surface area contributed by atoms with E-state index >= 15 is 0 Å². The molecule has 3 N–H and O–H groups in total. The van der Waals surface area contributed by atoms with Crippen LogP contribution in [-0.2, 0) is 4.79 Å². The van der Waals surface area contributed by atoms with E-state index in [4.69, 9.17) is 10.2 Å². The lowest BCUT2D eigenvalue weighted by molar-refractivity contribution is -0.137. The maximum Gasteiger partial charge on any atom is 0.303 e. The van der Waals surface area contributed by atoms with Crippen molar-refractivity contribution in [2.75, 3.05) is 13.7 Å². The molecule has 4 heteroatoms. The Balaban J connectivity index is 3.34. The van der Waals surface area contributed by atoms with Crippen molar-refractivity contribution in [3.8, 4) is 0 Å². The highest BCUT2D eigenvalue weighted by molar-refractivity contribution is 5.66. The molecule has 1 unspecified atom stereocenters. The minimum atomic E-state index is -0.825. The molecule has 0 spiro atoms. The summed E-state index contributed by atoms with van der Waals surface area (Å²) in [6.45, 7) is -0.0101. The standard InChI is InChI=1S/C6H13NO3/c1-7-5(4-8)2-3-6(9)10/h5,7-8H,2-4H2,1H3,(H,9,10). The zero-order valence-electron chi connectivity index (χ0n) is 6.00. The van der Waals surface area contributed by atoms with Gasteiger partial charge in [0.25, 0.3) is 0 Å². The molecule has 0 bridgehead atoms. The molecule has 0 aliphatic heterocycles. The molecule has 4 nitrogen and oxygen atoms in total. The lowest BCUT2D eigenvalue weighted by Crippen LogP contribution is -2.29. The van der Waals surface area contributed by atoms with Crippen LogP contribution >= 0.6 is 0 Å². The zero-order chi connectivity index (χ0) is 7.98. The molecule has 0 heterocycles. The number of carboxylic acids is 1. The van der Waals surface area contributed by atoms with Crippen molar-refractivity contribution in [2.24, 2.45) is 0 Å². The van der Waals surface area contributed by atoms with Gasteiger partial charge in [0.1, 0.15) is 0 Å². The first-order chi connectivity index (χ1) is 4.70. The summed E-state index contributed by atoms with van der Waals surface area (Å²) in [7, 11) is 1.70. The number of nitrogens with one attached hydrogen (secondary N) is 1. The molecule has 0 amide bonds. The number of aliphatic hydroxyl groups is 1. The molecule has 0 aromatic carbocycles. The van der Waals surface area contributed by atoms with Gasteiger partial charge in [-0.3, -0.25) is 4.79 Å². The number of carbonyl (C=O) groups is 1. The molecular formula is C6H13NO3. The van der Waals surface area contributed by atoms with Crippen LogP contribution in [0.1, 0.15) is 12.8 Å². The summed E-state index contributed by atoms with van der Waals surface area (Å²) in [6, 6.07) is -0.0869. The van der Waals surface area contributed by atoms with Crippen LogP contribution in [0.2, 0.25) is 0 Å². The molecule has 0 aliphatic rings. The fraction of sp³-hybridized carbons (Fsp3) is 0.833. The van der Waals surface area contributed by atoms with E-state index in [9.17, 15) is 4.79 Å². The van der Waals surface area contributed by atoms with Crippen LogP contribution < -0.4 is 5.32 Å². The second-order valence-corrected chi connectivity index (χ2v) is 2.10. The minimum Gasteiger partial charge on any atom is -0.481 e. The van der Waals surface area contributed by atoms with Crippen molar-refractivity contribution in [1.29, 1.82) is 0 Å². The van der Waals surface area contributed by atoms with Gasteiger partial charge >= 0.3 is 5.97 Å². The third-order valence-electron chi connectivity index (χ3n) is 1.34. The second kappa shape index (κ2) is 5.20. The van der Waals surface area contributed by atoms with Crippen molar-refractivity contribution in [1.82, 2.24) is 5.32 Å². The smallest absolute Gasteiger partial charge is 0.303 e. The summed E-state index contributed by atoms with van der Waals surface area (Å²) in [6.07, 6.45) is 0.578. The Kier molecular flexibility index (Phi) is 4.88. The summed E-state index contributed by atoms with van der Waals surface area (Å²) in [5, 5.41) is 19.6. The summed E-state index contributed by atoms with van der Waals surface area (Å²) in [5.41, 5.74) is 0. The number of likely N-dealkylation sites (N-methyl/N-ethyl adjacent to an activating group) is 1. The quantitative estimate of drug-likeness (QED) is 0.487. The van der Waals surface area contributed by atoms with Gasteiger partial charge in [-0.15, -0.1) is 0 Å². The monoisotopic (exact) mass is 147 g/mol. The number of aliphatic carboxylic acids is 1. The average Bonchev–Trinajstić information content (AvgIpc) is 1.90. The molecule has 0 aromatic heterocycles. The Morgan fingerprint density at radius 1 is 1.70 bits per heavy atom. The van der Waals surface area contributed by atoms with E-state index in [-0.39, 0.29) is 19.1 Å². The van der Waals surface area contributed by atoms with Gasteiger partial charge in [0.15, 0.2) is 0 Å². The van der Waals surface area contributed by atoms with Gasteiger partial charge in [-0.1, -0.05) is 0 Å². The third-order valence-corrected chi connectivity index (χ3v) is 1.34. The van der Waals surface area contributed by atoms with E-state index in [1.807, 2.05) is 0 Å². The van der Waals surface area contributed by atoms with Crippen LogP contribution in [0.4, 0.5) is 0 Å². The molecule has 60 valence electrons. The number of carboxylic acid groups (broad SMARTS) is 1. The predicted octanol–water partition coefficient (Wildman–Crippen LogP) is -0.569. The van der Waals surface area contributed by atoms with Gasteiger partial charge in [0.2, 0.25) is 0 Å². The van der Waals surface area contributed by atoms with E-state index in [0.29, 0.717) is 6.42 Å². The number of rotatable bonds is 5. The maximum absolute atomic E-state index is 10.0. The molecule has 10 heavy (non-hydrogen) atoms. The van der Waals surface area contributed by atoms with Crippen LogP contribution in [0.5, 0.6) is 0 Å². The number of aliphatic hydroxyl groups excluding tert-OH is 1. The Morgan fingerprint density at radius 2 is 2.30 bits per heavy atom. The van der Waals surface area contributed by atoms with Gasteiger partial charge in [-0.05, 0) is 13.5 Å². The van der Waals surface area contributed by atoms with E-state index in [2.05, 4.69) is 5.32 Å². The van der Waals surface area contributed by atoms with E-state index in [1.54, 1.807) is 7.05 Å². The molecule has 0 fully saturated rings. The van der Waals surface area contributed by atoms with E-state index < -0.39 is 5.97 Å². The molecule has 1 atom stereocenters. The van der Waals surface area contributed by atoms with Gasteiger partial charge < -0.3 is 15.5 Å². The lowest BCUT2D eigenvalue weighted by atomic mass is 10.2. The lowest BCUT2D eigenvalue weighted by Gasteiger charge is -2.09. The number of hydrogen-bond donors (Lipinski definition) is 3. The van der Waals surface area contributed by atoms with Crippen molar-refractivity contribution in [3.05, 3.63) is 0 Å². The molecule has 0 aromatic rings. The van der Waals surface area contributed by atoms with Crippen LogP contribution in [0.15, 0.2) is 0 Å². The largest absolute Gasteiger partial charge is 0.481 e. The van der Waals surface area contributed by atoms with Gasteiger partial charge in [0, 0.05) is 12.5 Å². The molecule has 0 aliphatic carbocycles. The maximum atomic E-state index is 10.0. The van der Waals surface area contributed by atoms with Gasteiger partial charge in [0.05, 0.1) is 6.61 Å². The Labute approximate surface area is 59.9 Å². The normalized spacial score (nSPS) is 13.0. The van der Waals surface area contributed by atoms with Gasteiger partial charge in [-0.2, -0.15) is 0 Å². The van der Waals surface area contributed by atoms with Crippen molar-refractivity contribution < 1.29 is 15.0 Å². The molecular weight excluding hydrogens is 134 g/mol. The van der Waals surface area contributed by atoms with Crippen LogP contribution in [0, 0.1) is 0 Å². The first-order valence-electron chi connectivity index (χ1n) is 3.20. The molecule has 0 radical (unpaired) electrons. The van der Waals surface area contributed by atoms with E-state index in [1.165, 1.54) is 0 Å².